The molecule has 1 rings (SSSR count). The minimum Gasteiger partial charge on any atom is -0.383 e. The van der Waals surface area contributed by atoms with Crippen LogP contribution in [0.4, 0.5) is 0 Å². The Morgan fingerprint density at radius 2 is 1.91 bits per heavy atom. The van der Waals surface area contributed by atoms with Gasteiger partial charge in [0.2, 0.25) is 5.91 Å². The van der Waals surface area contributed by atoms with Crippen molar-refractivity contribution in [2.24, 2.45) is 16.8 Å². The van der Waals surface area contributed by atoms with Crippen molar-refractivity contribution in [1.29, 1.82) is 0 Å². The zero-order chi connectivity index (χ0) is 17.1. The SMILES string of the molecule is CN=C(NCC(=O)NCCOC)NC(C)C(C)C1CCCCC1. The molecule has 6 heteroatoms. The number of hydrogen-bond acceptors (Lipinski definition) is 3. The summed E-state index contributed by atoms with van der Waals surface area (Å²) in [6.45, 7) is 5.78. The summed E-state index contributed by atoms with van der Waals surface area (Å²) in [6, 6.07) is 0.334. The zero-order valence-electron chi connectivity index (χ0n) is 15.2. The summed E-state index contributed by atoms with van der Waals surface area (Å²) in [5.41, 5.74) is 0. The second-order valence-electron chi connectivity index (χ2n) is 6.46. The number of nitrogens with zero attached hydrogens (tertiary/aromatic N) is 1. The van der Waals surface area contributed by atoms with Gasteiger partial charge in [-0.15, -0.1) is 0 Å². The fourth-order valence-corrected chi connectivity index (χ4v) is 3.13. The highest BCUT2D eigenvalue weighted by atomic mass is 16.5. The minimum atomic E-state index is -0.0574. The maximum atomic E-state index is 11.7. The molecule has 0 aromatic heterocycles. The van der Waals surface area contributed by atoms with E-state index in [-0.39, 0.29) is 12.5 Å². The molecule has 1 saturated carbocycles. The molecule has 0 spiro atoms. The number of amides is 1. The Balaban J connectivity index is 2.32. The molecule has 6 nitrogen and oxygen atoms in total. The van der Waals surface area contributed by atoms with E-state index in [1.54, 1.807) is 14.2 Å². The van der Waals surface area contributed by atoms with Gasteiger partial charge in [0, 0.05) is 26.7 Å². The van der Waals surface area contributed by atoms with Crippen LogP contribution in [-0.2, 0) is 9.53 Å². The first-order valence-corrected chi connectivity index (χ1v) is 8.81. The number of methoxy groups -OCH3 is 1. The molecule has 1 fully saturated rings. The molecule has 0 radical (unpaired) electrons. The van der Waals surface area contributed by atoms with Gasteiger partial charge in [-0.1, -0.05) is 39.0 Å². The number of carbonyl (C=O) groups excluding carboxylic acids is 1. The highest BCUT2D eigenvalue weighted by Crippen LogP contribution is 2.31. The maximum Gasteiger partial charge on any atom is 0.239 e. The lowest BCUT2D eigenvalue weighted by molar-refractivity contribution is -0.120. The Labute approximate surface area is 140 Å². The molecule has 0 aromatic rings. The Hall–Kier alpha value is -1.30. The molecule has 0 aromatic carbocycles. The Morgan fingerprint density at radius 3 is 2.52 bits per heavy atom. The number of guanidine groups is 1. The summed E-state index contributed by atoms with van der Waals surface area (Å²) in [6.07, 6.45) is 6.77. The van der Waals surface area contributed by atoms with E-state index in [1.165, 1.54) is 32.1 Å². The third-order valence-electron chi connectivity index (χ3n) is 4.81. The fourth-order valence-electron chi connectivity index (χ4n) is 3.13. The van der Waals surface area contributed by atoms with Crippen LogP contribution in [-0.4, -0.2) is 51.8 Å². The third kappa shape index (κ3) is 7.68. The topological polar surface area (TPSA) is 74.8 Å². The monoisotopic (exact) mass is 326 g/mol. The molecular formula is C17H34N4O2. The maximum absolute atomic E-state index is 11.7. The van der Waals surface area contributed by atoms with Gasteiger partial charge in [-0.3, -0.25) is 9.79 Å². The molecule has 3 N–H and O–H groups in total. The Bertz CT molecular complexity index is 368. The number of carbonyl (C=O) groups is 1. The van der Waals surface area contributed by atoms with Crippen LogP contribution in [0.2, 0.25) is 0 Å². The minimum absolute atomic E-state index is 0.0574. The molecule has 0 aliphatic heterocycles. The number of ether oxygens (including phenoxy) is 1. The van der Waals surface area contributed by atoms with E-state index in [2.05, 4.69) is 34.8 Å². The van der Waals surface area contributed by atoms with Gasteiger partial charge >= 0.3 is 0 Å². The lowest BCUT2D eigenvalue weighted by Crippen LogP contribution is -2.48. The van der Waals surface area contributed by atoms with Gasteiger partial charge in [0.15, 0.2) is 5.96 Å². The first-order chi connectivity index (χ1) is 11.1. The van der Waals surface area contributed by atoms with Crippen LogP contribution >= 0.6 is 0 Å². The van der Waals surface area contributed by atoms with Crippen molar-refractivity contribution >= 4 is 11.9 Å². The van der Waals surface area contributed by atoms with Crippen LogP contribution in [0.3, 0.4) is 0 Å². The normalized spacial score (nSPS) is 19.0. The number of rotatable bonds is 8. The van der Waals surface area contributed by atoms with Gasteiger partial charge in [0.25, 0.3) is 0 Å². The molecule has 2 unspecified atom stereocenters. The molecule has 1 aliphatic rings. The van der Waals surface area contributed by atoms with E-state index in [4.69, 9.17) is 4.74 Å². The lowest BCUT2D eigenvalue weighted by atomic mass is 9.78. The molecular weight excluding hydrogens is 292 g/mol. The van der Waals surface area contributed by atoms with Crippen molar-refractivity contribution < 1.29 is 9.53 Å². The predicted molar refractivity (Wildman–Crippen MR) is 94.6 cm³/mol. The van der Waals surface area contributed by atoms with E-state index < -0.39 is 0 Å². The van der Waals surface area contributed by atoms with Crippen LogP contribution in [0.1, 0.15) is 46.0 Å². The van der Waals surface area contributed by atoms with Crippen molar-refractivity contribution in [3.05, 3.63) is 0 Å². The van der Waals surface area contributed by atoms with Gasteiger partial charge in [-0.2, -0.15) is 0 Å². The summed E-state index contributed by atoms with van der Waals surface area (Å²) in [5.74, 6) is 2.02. The average Bonchev–Trinajstić information content (AvgIpc) is 2.58. The smallest absolute Gasteiger partial charge is 0.239 e. The van der Waals surface area contributed by atoms with Crippen molar-refractivity contribution in [2.45, 2.75) is 52.0 Å². The lowest BCUT2D eigenvalue weighted by Gasteiger charge is -2.32. The van der Waals surface area contributed by atoms with Gasteiger partial charge in [0.1, 0.15) is 0 Å². The second-order valence-corrected chi connectivity index (χ2v) is 6.46. The molecule has 0 heterocycles. The highest BCUT2D eigenvalue weighted by Gasteiger charge is 2.25. The van der Waals surface area contributed by atoms with E-state index >= 15 is 0 Å². The Morgan fingerprint density at radius 1 is 1.22 bits per heavy atom. The average molecular weight is 326 g/mol. The first kappa shape index (κ1) is 19.7. The van der Waals surface area contributed by atoms with Crippen molar-refractivity contribution in [1.82, 2.24) is 16.0 Å². The standard InChI is InChI=1S/C17H34N4O2/c1-13(15-8-6-5-7-9-15)14(2)21-17(18-3)20-12-16(22)19-10-11-23-4/h13-15H,5-12H2,1-4H3,(H,19,22)(H2,18,20,21). The van der Waals surface area contributed by atoms with Crippen LogP contribution < -0.4 is 16.0 Å². The molecule has 134 valence electrons. The van der Waals surface area contributed by atoms with Crippen LogP contribution in [0.25, 0.3) is 0 Å². The summed E-state index contributed by atoms with van der Waals surface area (Å²) in [7, 11) is 3.35. The number of aliphatic imine (C=N–C) groups is 1. The predicted octanol–water partition coefficient (Wildman–Crippen LogP) is 1.52. The van der Waals surface area contributed by atoms with Gasteiger partial charge in [-0.05, 0) is 18.8 Å². The highest BCUT2D eigenvalue weighted by molar-refractivity contribution is 5.86. The van der Waals surface area contributed by atoms with Gasteiger partial charge in [0.05, 0.1) is 13.2 Å². The quantitative estimate of drug-likeness (QED) is 0.359. The van der Waals surface area contributed by atoms with E-state index in [0.717, 1.165) is 5.92 Å². The van der Waals surface area contributed by atoms with Crippen LogP contribution in [0.5, 0.6) is 0 Å². The first-order valence-electron chi connectivity index (χ1n) is 8.81. The number of nitrogens with one attached hydrogen (secondary N) is 3. The summed E-state index contributed by atoms with van der Waals surface area (Å²) < 4.78 is 4.90. The largest absolute Gasteiger partial charge is 0.383 e. The summed E-state index contributed by atoms with van der Waals surface area (Å²) >= 11 is 0. The molecule has 1 aliphatic carbocycles. The molecule has 23 heavy (non-hydrogen) atoms. The van der Waals surface area contributed by atoms with E-state index in [1.807, 2.05) is 0 Å². The summed E-state index contributed by atoms with van der Waals surface area (Å²) in [5, 5.41) is 9.27. The summed E-state index contributed by atoms with van der Waals surface area (Å²) in [4.78, 5) is 15.9. The third-order valence-corrected chi connectivity index (χ3v) is 4.81. The zero-order valence-corrected chi connectivity index (χ0v) is 15.2. The van der Waals surface area contributed by atoms with E-state index in [0.29, 0.717) is 31.1 Å². The molecule has 0 bridgehead atoms. The van der Waals surface area contributed by atoms with Gasteiger partial charge < -0.3 is 20.7 Å². The van der Waals surface area contributed by atoms with Crippen LogP contribution in [0, 0.1) is 11.8 Å². The molecule has 2 atom stereocenters. The number of hydrogen-bond donors (Lipinski definition) is 3. The second kappa shape index (κ2) is 11.3. The van der Waals surface area contributed by atoms with Crippen LogP contribution in [0.15, 0.2) is 4.99 Å². The van der Waals surface area contributed by atoms with Crippen molar-refractivity contribution in [3.63, 3.8) is 0 Å². The van der Waals surface area contributed by atoms with Gasteiger partial charge in [-0.25, -0.2) is 0 Å². The Kier molecular flexibility index (Phi) is 9.67. The molecule has 0 saturated heterocycles. The van der Waals surface area contributed by atoms with E-state index in [9.17, 15) is 4.79 Å². The fraction of sp³-hybridized carbons (Fsp3) is 0.882. The molecule has 1 amide bonds. The van der Waals surface area contributed by atoms with Crippen molar-refractivity contribution in [3.8, 4) is 0 Å². The van der Waals surface area contributed by atoms with Crippen molar-refractivity contribution in [2.75, 3.05) is 33.9 Å².